The highest BCUT2D eigenvalue weighted by molar-refractivity contribution is 5.77. The van der Waals surface area contributed by atoms with Gasteiger partial charge in [0.1, 0.15) is 0 Å². The molecule has 0 heterocycles. The Hall–Kier alpha value is -1.88. The van der Waals surface area contributed by atoms with Crippen LogP contribution in [0.3, 0.4) is 0 Å². The third kappa shape index (κ3) is 4.89. The maximum Gasteiger partial charge on any atom is 0.222 e. The van der Waals surface area contributed by atoms with Crippen molar-refractivity contribution in [3.63, 3.8) is 0 Å². The molecule has 3 rings (SSSR count). The summed E-state index contributed by atoms with van der Waals surface area (Å²) >= 11 is 0. The number of nitrogens with one attached hydrogen (secondary N) is 1. The van der Waals surface area contributed by atoms with Gasteiger partial charge in [0, 0.05) is 32.4 Å². The fourth-order valence-electron chi connectivity index (χ4n) is 4.36. The third-order valence-electron chi connectivity index (χ3n) is 6.39. The van der Waals surface area contributed by atoms with Crippen LogP contribution in [0.4, 0.5) is 0 Å². The minimum atomic E-state index is -0.527. The van der Waals surface area contributed by atoms with Gasteiger partial charge in [-0.05, 0) is 50.0 Å². The van der Waals surface area contributed by atoms with Crippen LogP contribution in [0.5, 0.6) is 0 Å². The Labute approximate surface area is 162 Å². The first-order chi connectivity index (χ1) is 12.9. The van der Waals surface area contributed by atoms with Gasteiger partial charge in [0.15, 0.2) is 0 Å². The highest BCUT2D eigenvalue weighted by Gasteiger charge is 2.40. The Bertz CT molecular complexity index is 659. The lowest BCUT2D eigenvalue weighted by atomic mass is 9.74. The van der Waals surface area contributed by atoms with Gasteiger partial charge in [-0.1, -0.05) is 30.3 Å². The molecular weight excluding hydrogens is 340 g/mol. The lowest BCUT2D eigenvalue weighted by Crippen LogP contribution is -2.44. The summed E-state index contributed by atoms with van der Waals surface area (Å²) in [5.74, 6) is 0.657. The van der Waals surface area contributed by atoms with E-state index in [1.54, 1.807) is 4.90 Å². The van der Waals surface area contributed by atoms with Crippen LogP contribution >= 0.6 is 0 Å². The van der Waals surface area contributed by atoms with Crippen LogP contribution in [0.1, 0.15) is 57.4 Å². The van der Waals surface area contributed by atoms with E-state index in [1.807, 2.05) is 25.2 Å². The number of hydrogen-bond acceptors (Lipinski definition) is 3. The van der Waals surface area contributed by atoms with Gasteiger partial charge in [0.2, 0.25) is 11.8 Å². The lowest BCUT2D eigenvalue weighted by Gasteiger charge is -2.34. The van der Waals surface area contributed by atoms with Crippen molar-refractivity contribution in [2.45, 2.75) is 69.4 Å². The standard InChI is InChI=1S/C22H32N2O3/c1-16(25)23-15-22(18-6-4-3-5-7-18)12-10-19(20(26)11-13-22)24(2)21(27)14-17-8-9-17/h3-7,17,19-20,26H,8-15H2,1-2H3,(H,23,25)/t19-,20-,22+/m0/s1. The van der Waals surface area contributed by atoms with Crippen LogP contribution in [-0.2, 0) is 15.0 Å². The minimum absolute atomic E-state index is 0.0385. The summed E-state index contributed by atoms with van der Waals surface area (Å²) in [4.78, 5) is 25.9. The number of aliphatic hydroxyl groups is 1. The molecule has 1 aromatic carbocycles. The van der Waals surface area contributed by atoms with Crippen LogP contribution in [0.25, 0.3) is 0 Å². The third-order valence-corrected chi connectivity index (χ3v) is 6.39. The smallest absolute Gasteiger partial charge is 0.222 e. The van der Waals surface area contributed by atoms with Crippen LogP contribution in [0.2, 0.25) is 0 Å². The van der Waals surface area contributed by atoms with E-state index in [-0.39, 0.29) is 23.3 Å². The molecule has 0 aliphatic heterocycles. The number of rotatable bonds is 6. The summed E-state index contributed by atoms with van der Waals surface area (Å²) in [6.07, 6.45) is 5.38. The second kappa shape index (κ2) is 8.42. The summed E-state index contributed by atoms with van der Waals surface area (Å²) in [5, 5.41) is 13.8. The quantitative estimate of drug-likeness (QED) is 0.754. The summed E-state index contributed by atoms with van der Waals surface area (Å²) < 4.78 is 0. The number of hydrogen-bond donors (Lipinski definition) is 2. The Morgan fingerprint density at radius 2 is 1.81 bits per heavy atom. The molecule has 0 unspecified atom stereocenters. The zero-order valence-electron chi connectivity index (χ0n) is 16.5. The van der Waals surface area contributed by atoms with Crippen molar-refractivity contribution >= 4 is 11.8 Å². The molecule has 0 bridgehead atoms. The monoisotopic (exact) mass is 372 g/mol. The summed E-state index contributed by atoms with van der Waals surface area (Å²) in [5.41, 5.74) is 0.988. The van der Waals surface area contributed by atoms with Gasteiger partial charge in [-0.15, -0.1) is 0 Å². The van der Waals surface area contributed by atoms with E-state index in [0.29, 0.717) is 25.3 Å². The van der Waals surface area contributed by atoms with Gasteiger partial charge in [-0.25, -0.2) is 0 Å². The van der Waals surface area contributed by atoms with E-state index in [2.05, 4.69) is 17.4 Å². The molecule has 2 saturated carbocycles. The van der Waals surface area contributed by atoms with Crippen molar-refractivity contribution in [1.29, 1.82) is 0 Å². The average molecular weight is 373 g/mol. The second-order valence-corrected chi connectivity index (χ2v) is 8.42. The highest BCUT2D eigenvalue weighted by Crippen LogP contribution is 2.40. The van der Waals surface area contributed by atoms with Gasteiger partial charge < -0.3 is 15.3 Å². The van der Waals surface area contributed by atoms with Gasteiger partial charge in [0.25, 0.3) is 0 Å². The first-order valence-corrected chi connectivity index (χ1v) is 10.1. The van der Waals surface area contributed by atoms with Crippen molar-refractivity contribution < 1.29 is 14.7 Å². The maximum atomic E-state index is 12.6. The fourth-order valence-corrected chi connectivity index (χ4v) is 4.36. The van der Waals surface area contributed by atoms with Crippen molar-refractivity contribution in [1.82, 2.24) is 10.2 Å². The highest BCUT2D eigenvalue weighted by atomic mass is 16.3. The van der Waals surface area contributed by atoms with Crippen LogP contribution in [0, 0.1) is 5.92 Å². The van der Waals surface area contributed by atoms with Crippen molar-refractivity contribution in [2.75, 3.05) is 13.6 Å². The maximum absolute atomic E-state index is 12.6. The van der Waals surface area contributed by atoms with E-state index < -0.39 is 6.10 Å². The SMILES string of the molecule is CC(=O)NC[C@]1(c2ccccc2)CC[C@H](O)[C@@H](N(C)C(=O)CC2CC2)CC1. The summed E-state index contributed by atoms with van der Waals surface area (Å²) in [7, 11) is 1.84. The van der Waals surface area contributed by atoms with E-state index in [4.69, 9.17) is 0 Å². The molecule has 2 N–H and O–H groups in total. The number of benzene rings is 1. The van der Waals surface area contributed by atoms with E-state index in [1.165, 1.54) is 12.5 Å². The second-order valence-electron chi connectivity index (χ2n) is 8.42. The molecule has 0 spiro atoms. The molecular formula is C22H32N2O3. The van der Waals surface area contributed by atoms with E-state index in [0.717, 1.165) is 32.1 Å². The summed E-state index contributed by atoms with van der Waals surface area (Å²) in [6, 6.07) is 10.1. The van der Waals surface area contributed by atoms with E-state index in [9.17, 15) is 14.7 Å². The Morgan fingerprint density at radius 3 is 2.44 bits per heavy atom. The van der Waals surface area contributed by atoms with Crippen molar-refractivity contribution in [3.8, 4) is 0 Å². The molecule has 2 amide bonds. The number of carbonyl (C=O) groups is 2. The molecule has 0 aromatic heterocycles. The van der Waals surface area contributed by atoms with Gasteiger partial charge >= 0.3 is 0 Å². The summed E-state index contributed by atoms with van der Waals surface area (Å²) in [6.45, 7) is 2.10. The molecule has 2 aliphatic carbocycles. The lowest BCUT2D eigenvalue weighted by molar-refractivity contribution is -0.134. The predicted octanol–water partition coefficient (Wildman–Crippen LogP) is 2.62. The Balaban J connectivity index is 1.77. The molecule has 148 valence electrons. The van der Waals surface area contributed by atoms with E-state index >= 15 is 0 Å². The van der Waals surface area contributed by atoms with Crippen molar-refractivity contribution in [3.05, 3.63) is 35.9 Å². The minimum Gasteiger partial charge on any atom is -0.391 e. The number of likely N-dealkylation sites (N-methyl/N-ethyl adjacent to an activating group) is 1. The molecule has 0 saturated heterocycles. The Kier molecular flexibility index (Phi) is 6.20. The number of nitrogens with zero attached hydrogens (tertiary/aromatic N) is 1. The fraction of sp³-hybridized carbons (Fsp3) is 0.636. The van der Waals surface area contributed by atoms with Crippen LogP contribution in [0.15, 0.2) is 30.3 Å². The van der Waals surface area contributed by atoms with Gasteiger partial charge in [0.05, 0.1) is 12.1 Å². The largest absolute Gasteiger partial charge is 0.391 e. The molecule has 3 atom stereocenters. The normalized spacial score (nSPS) is 28.3. The molecule has 0 radical (unpaired) electrons. The first-order valence-electron chi connectivity index (χ1n) is 10.1. The zero-order chi connectivity index (χ0) is 19.4. The topological polar surface area (TPSA) is 69.6 Å². The van der Waals surface area contributed by atoms with Crippen LogP contribution < -0.4 is 5.32 Å². The first kappa shape index (κ1) is 19.9. The molecule has 1 aromatic rings. The van der Waals surface area contributed by atoms with Gasteiger partial charge in [-0.3, -0.25) is 9.59 Å². The predicted molar refractivity (Wildman–Crippen MR) is 105 cm³/mol. The molecule has 27 heavy (non-hydrogen) atoms. The molecule has 2 aliphatic rings. The molecule has 5 heteroatoms. The van der Waals surface area contributed by atoms with Gasteiger partial charge in [-0.2, -0.15) is 0 Å². The molecule has 5 nitrogen and oxygen atoms in total. The number of aliphatic hydroxyl groups excluding tert-OH is 1. The number of carbonyl (C=O) groups excluding carboxylic acids is 2. The Morgan fingerprint density at radius 1 is 1.15 bits per heavy atom. The van der Waals surface area contributed by atoms with Crippen molar-refractivity contribution in [2.24, 2.45) is 5.92 Å². The zero-order valence-corrected chi connectivity index (χ0v) is 16.5. The average Bonchev–Trinajstić information content (AvgIpc) is 3.48. The number of amides is 2. The molecule has 2 fully saturated rings. The van der Waals surface area contributed by atoms with Crippen LogP contribution in [-0.4, -0.2) is 47.6 Å².